The lowest BCUT2D eigenvalue weighted by molar-refractivity contribution is 0.112. The van der Waals surface area contributed by atoms with Crippen molar-refractivity contribution < 1.29 is 9.90 Å². The first-order valence-corrected chi connectivity index (χ1v) is 5.06. The minimum atomic E-state index is 0.111. The minimum Gasteiger partial charge on any atom is -0.508 e. The van der Waals surface area contributed by atoms with Crippen LogP contribution in [0, 0.1) is 6.92 Å². The number of hydrogen-bond acceptors (Lipinski definition) is 2. The van der Waals surface area contributed by atoms with Gasteiger partial charge in [0.2, 0.25) is 0 Å². The van der Waals surface area contributed by atoms with Crippen LogP contribution in [0.3, 0.4) is 0 Å². The van der Waals surface area contributed by atoms with Crippen LogP contribution in [0.1, 0.15) is 15.9 Å². The fraction of sp³-hybridized carbons (Fsp3) is 0.0714. The average molecular weight is 212 g/mol. The Bertz CT molecular complexity index is 530. The van der Waals surface area contributed by atoms with Crippen LogP contribution in [0.25, 0.3) is 11.1 Å². The third-order valence-corrected chi connectivity index (χ3v) is 2.60. The van der Waals surface area contributed by atoms with Gasteiger partial charge in [-0.2, -0.15) is 0 Å². The number of phenolic OH excluding ortho intramolecular Hbond substituents is 1. The average Bonchev–Trinajstić information content (AvgIpc) is 2.30. The van der Waals surface area contributed by atoms with Gasteiger partial charge in [0.1, 0.15) is 5.75 Å². The zero-order valence-corrected chi connectivity index (χ0v) is 8.97. The van der Waals surface area contributed by atoms with Crippen molar-refractivity contribution in [3.05, 3.63) is 53.6 Å². The molecule has 0 heterocycles. The maximum absolute atomic E-state index is 11.0. The molecular formula is C14H12O2. The molecule has 2 aromatic carbocycles. The minimum absolute atomic E-state index is 0.111. The molecule has 0 atom stereocenters. The summed E-state index contributed by atoms with van der Waals surface area (Å²) in [6.07, 6.45) is 0.765. The quantitative estimate of drug-likeness (QED) is 0.776. The summed E-state index contributed by atoms with van der Waals surface area (Å²) in [4.78, 5) is 11.0. The lowest BCUT2D eigenvalue weighted by atomic mass is 9.96. The monoisotopic (exact) mass is 212 g/mol. The van der Waals surface area contributed by atoms with Gasteiger partial charge in [0.05, 0.1) is 0 Å². The van der Waals surface area contributed by atoms with Crippen LogP contribution in [0.15, 0.2) is 42.5 Å². The molecule has 1 N–H and O–H groups in total. The summed E-state index contributed by atoms with van der Waals surface area (Å²) < 4.78 is 0. The Hall–Kier alpha value is -2.09. The van der Waals surface area contributed by atoms with Crippen LogP contribution < -0.4 is 0 Å². The predicted octanol–water partition coefficient (Wildman–Crippen LogP) is 3.18. The van der Waals surface area contributed by atoms with E-state index >= 15 is 0 Å². The summed E-state index contributed by atoms with van der Waals surface area (Å²) in [5.74, 6) is 0.111. The molecule has 2 heteroatoms. The van der Waals surface area contributed by atoms with E-state index < -0.39 is 0 Å². The Morgan fingerprint density at radius 3 is 2.50 bits per heavy atom. The van der Waals surface area contributed by atoms with Crippen molar-refractivity contribution in [2.24, 2.45) is 0 Å². The van der Waals surface area contributed by atoms with Crippen LogP contribution >= 0.6 is 0 Å². The van der Waals surface area contributed by atoms with Crippen molar-refractivity contribution in [3.63, 3.8) is 0 Å². The first-order chi connectivity index (χ1) is 7.72. The molecule has 0 unspecified atom stereocenters. The van der Waals surface area contributed by atoms with E-state index in [1.165, 1.54) is 6.07 Å². The maximum Gasteiger partial charge on any atom is 0.150 e. The molecule has 0 amide bonds. The van der Waals surface area contributed by atoms with Crippen molar-refractivity contribution >= 4 is 6.29 Å². The van der Waals surface area contributed by atoms with E-state index in [0.717, 1.165) is 23.0 Å². The van der Waals surface area contributed by atoms with Gasteiger partial charge in [-0.15, -0.1) is 0 Å². The Morgan fingerprint density at radius 1 is 1.06 bits per heavy atom. The number of aromatic hydroxyl groups is 1. The second kappa shape index (κ2) is 4.19. The van der Waals surface area contributed by atoms with Gasteiger partial charge in [-0.3, -0.25) is 4.79 Å². The van der Waals surface area contributed by atoms with Crippen LogP contribution in [0.4, 0.5) is 0 Å². The van der Waals surface area contributed by atoms with E-state index in [9.17, 15) is 9.90 Å². The van der Waals surface area contributed by atoms with Crippen molar-refractivity contribution in [2.75, 3.05) is 0 Å². The molecule has 0 saturated heterocycles. The molecule has 16 heavy (non-hydrogen) atoms. The summed E-state index contributed by atoms with van der Waals surface area (Å²) in [5.41, 5.74) is 3.49. The van der Waals surface area contributed by atoms with Gasteiger partial charge in [0.15, 0.2) is 6.29 Å². The van der Waals surface area contributed by atoms with Crippen molar-refractivity contribution in [1.82, 2.24) is 0 Å². The Kier molecular flexibility index (Phi) is 2.73. The normalized spacial score (nSPS) is 10.1. The Balaban J connectivity index is 2.65. The van der Waals surface area contributed by atoms with Crippen molar-refractivity contribution in [2.45, 2.75) is 6.92 Å². The summed E-state index contributed by atoms with van der Waals surface area (Å²) >= 11 is 0. The van der Waals surface area contributed by atoms with E-state index in [1.54, 1.807) is 12.1 Å². The standard InChI is InChI=1S/C14H12O2/c1-10-4-2-3-5-13(10)14-7-6-12(16)8-11(14)9-15/h2-9,16H,1H3. The summed E-state index contributed by atoms with van der Waals surface area (Å²) in [6.45, 7) is 2.00. The highest BCUT2D eigenvalue weighted by Crippen LogP contribution is 2.28. The molecule has 0 saturated carbocycles. The SMILES string of the molecule is Cc1ccccc1-c1ccc(O)cc1C=O. The van der Waals surface area contributed by atoms with E-state index in [0.29, 0.717) is 5.56 Å². The second-order valence-electron chi connectivity index (χ2n) is 3.70. The highest BCUT2D eigenvalue weighted by atomic mass is 16.3. The molecular weight excluding hydrogens is 200 g/mol. The fourth-order valence-electron chi connectivity index (χ4n) is 1.77. The maximum atomic E-state index is 11.0. The zero-order chi connectivity index (χ0) is 11.5. The van der Waals surface area contributed by atoms with Gasteiger partial charge in [-0.25, -0.2) is 0 Å². The highest BCUT2D eigenvalue weighted by molar-refractivity contribution is 5.89. The van der Waals surface area contributed by atoms with E-state index in [4.69, 9.17) is 0 Å². The van der Waals surface area contributed by atoms with Gasteiger partial charge in [0, 0.05) is 5.56 Å². The largest absolute Gasteiger partial charge is 0.508 e. The fourth-order valence-corrected chi connectivity index (χ4v) is 1.77. The summed E-state index contributed by atoms with van der Waals surface area (Å²) in [7, 11) is 0. The zero-order valence-electron chi connectivity index (χ0n) is 8.97. The van der Waals surface area contributed by atoms with Crippen molar-refractivity contribution in [3.8, 4) is 16.9 Å². The van der Waals surface area contributed by atoms with E-state index in [2.05, 4.69) is 0 Å². The topological polar surface area (TPSA) is 37.3 Å². The third-order valence-electron chi connectivity index (χ3n) is 2.60. The predicted molar refractivity (Wildman–Crippen MR) is 63.7 cm³/mol. The number of benzene rings is 2. The Labute approximate surface area is 94.2 Å². The molecule has 0 radical (unpaired) electrons. The molecule has 0 aliphatic heterocycles. The van der Waals surface area contributed by atoms with E-state index in [-0.39, 0.29) is 5.75 Å². The number of hydrogen-bond donors (Lipinski definition) is 1. The van der Waals surface area contributed by atoms with Gasteiger partial charge in [-0.05, 0) is 41.8 Å². The second-order valence-corrected chi connectivity index (χ2v) is 3.70. The lowest BCUT2D eigenvalue weighted by Gasteiger charge is -2.08. The molecule has 0 bridgehead atoms. The van der Waals surface area contributed by atoms with Crippen LogP contribution in [0.5, 0.6) is 5.75 Å². The number of phenols is 1. The van der Waals surface area contributed by atoms with Gasteiger partial charge in [-0.1, -0.05) is 24.3 Å². The molecule has 0 aliphatic carbocycles. The van der Waals surface area contributed by atoms with Gasteiger partial charge >= 0.3 is 0 Å². The number of aryl methyl sites for hydroxylation is 1. The van der Waals surface area contributed by atoms with E-state index in [1.807, 2.05) is 31.2 Å². The summed E-state index contributed by atoms with van der Waals surface area (Å²) in [6, 6.07) is 12.7. The number of carbonyl (C=O) groups excluding carboxylic acids is 1. The highest BCUT2D eigenvalue weighted by Gasteiger charge is 2.07. The number of rotatable bonds is 2. The smallest absolute Gasteiger partial charge is 0.150 e. The molecule has 2 nitrogen and oxygen atoms in total. The lowest BCUT2D eigenvalue weighted by Crippen LogP contribution is -1.89. The molecule has 2 rings (SSSR count). The number of aldehydes is 1. The molecule has 0 spiro atoms. The first-order valence-electron chi connectivity index (χ1n) is 5.06. The summed E-state index contributed by atoms with van der Waals surface area (Å²) in [5, 5.41) is 9.33. The number of carbonyl (C=O) groups is 1. The molecule has 2 aromatic rings. The molecule has 0 fully saturated rings. The Morgan fingerprint density at radius 2 is 1.81 bits per heavy atom. The molecule has 0 aliphatic rings. The van der Waals surface area contributed by atoms with Crippen LogP contribution in [-0.2, 0) is 0 Å². The first kappa shape index (κ1) is 10.4. The van der Waals surface area contributed by atoms with Gasteiger partial charge < -0.3 is 5.11 Å². The molecule has 0 aromatic heterocycles. The molecule has 80 valence electrons. The third kappa shape index (κ3) is 1.82. The van der Waals surface area contributed by atoms with Gasteiger partial charge in [0.25, 0.3) is 0 Å². The van der Waals surface area contributed by atoms with Crippen LogP contribution in [-0.4, -0.2) is 11.4 Å². The van der Waals surface area contributed by atoms with Crippen molar-refractivity contribution in [1.29, 1.82) is 0 Å². The van der Waals surface area contributed by atoms with Crippen LogP contribution in [0.2, 0.25) is 0 Å².